The van der Waals surface area contributed by atoms with Gasteiger partial charge in [-0.3, -0.25) is 0 Å². The average Bonchev–Trinajstić information content (AvgIpc) is 1.52. The predicted octanol–water partition coefficient (Wildman–Crippen LogP) is 36.2. The zero-order valence-corrected chi connectivity index (χ0v) is 83.4. The Hall–Kier alpha value is -0.260. The lowest BCUT2D eigenvalue weighted by Crippen LogP contribution is -2.53. The summed E-state index contributed by atoms with van der Waals surface area (Å²) in [6.07, 6.45) is 73.8. The summed E-state index contributed by atoms with van der Waals surface area (Å²) in [5, 5.41) is 0. The van der Waals surface area contributed by atoms with Gasteiger partial charge >= 0.3 is 0 Å². The summed E-state index contributed by atoms with van der Waals surface area (Å²) in [6.45, 7) is 66.6. The summed E-state index contributed by atoms with van der Waals surface area (Å²) in [5.41, 5.74) is 7.11. The minimum atomic E-state index is 0.553. The van der Waals surface area contributed by atoms with E-state index in [4.69, 9.17) is 0 Å². The van der Waals surface area contributed by atoms with E-state index in [1.54, 1.807) is 122 Å². The van der Waals surface area contributed by atoms with Crippen LogP contribution < -0.4 is 0 Å². The molecule has 0 saturated heterocycles. The SMILES string of the molecule is CC(C)CCCC(C)C1CCC2C3CC=C4C[C@H](C)CCC4(C)C3CCC12C.CC(C)CCCC(C)C1CCC2C3CCC4C[C@H](C)CCC4(C)C3CCC12C.CCC(CCC(C)C1CCC2C3CCC4C[C@H](C)CCC4(C)C3CCC12C)C(C)C.CCC(CCC(C)C1CCC2C3CCC4C[C@H](C)CCC4(C)C3CCC12C)C(C)C. The van der Waals surface area contributed by atoms with Crippen LogP contribution in [0.15, 0.2) is 11.6 Å². The molecule has 0 aromatic carbocycles. The van der Waals surface area contributed by atoms with Crippen LogP contribution in [-0.2, 0) is 0 Å². The first-order valence-corrected chi connectivity index (χ1v) is 54.6. The lowest BCUT2D eigenvalue weighted by molar-refractivity contribution is -0.120. The molecule has 37 atom stereocenters. The molecule has 0 nitrogen and oxygen atoms in total. The minimum Gasteiger partial charge on any atom is -0.0845 e. The number of allylic oxidation sites excluding steroid dienone is 2. The molecule has 0 amide bonds. The molecule has 0 aromatic rings. The number of fused-ring (bicyclic) bond motifs is 20. The third-order valence-electron chi connectivity index (χ3n) is 46.0. The number of hydrogen-bond acceptors (Lipinski definition) is 0. The molecule has 116 heavy (non-hydrogen) atoms. The fourth-order valence-corrected chi connectivity index (χ4v) is 38.6. The van der Waals surface area contributed by atoms with Crippen molar-refractivity contribution < 1.29 is 0 Å². The molecular weight excluding hydrogens is 1390 g/mol. The molecule has 15 saturated carbocycles. The quantitative estimate of drug-likeness (QED) is 0.0948. The zero-order chi connectivity index (χ0) is 83.6. The fourth-order valence-electron chi connectivity index (χ4n) is 38.6. The monoisotopic (exact) mass is 1600 g/mol. The molecule has 16 aliphatic rings. The standard InChI is InChI=1S/2C30H54.C28H50.C28H48/c2*1-8-23(20(2)3)10-9-22(5)26-13-14-27-25-12-11-24-19-21(4)15-17-29(24,6)28(25)16-18-30(26,27)7;2*1-19(2)8-7-9-21(4)24-12-13-25-23-11-10-22-18-20(3)14-16-27(22,5)26(23)15-17-28(24,25)6/h2*20-28H,8-19H2,1-7H3;19-26H,7-18H2,1-6H3;10,19-21,23-26H,7-9,11-18H2,1-6H3/t2*21-,22?,23?,24?,25?,26?,27?,28?,29?,30?;20-,21?,22?,23?,24?,25?,26?,27?,28?;20-,21?,23?,24?,25?,26?,27?,28?/m1111/s1. The Bertz CT molecular complexity index is 2980. The van der Waals surface area contributed by atoms with Crippen LogP contribution in [0.5, 0.6) is 0 Å². The van der Waals surface area contributed by atoms with Crippen molar-refractivity contribution in [2.75, 3.05) is 0 Å². The summed E-state index contributed by atoms with van der Waals surface area (Å²) in [5.74, 6) is 32.7. The lowest BCUT2D eigenvalue weighted by Gasteiger charge is -2.61. The second-order valence-electron chi connectivity index (χ2n) is 53.2. The highest BCUT2D eigenvalue weighted by molar-refractivity contribution is 5.25. The first-order valence-electron chi connectivity index (χ1n) is 54.6. The van der Waals surface area contributed by atoms with Gasteiger partial charge in [-0.05, 0) is 457 Å². The maximum absolute atomic E-state index is 2.76. The maximum Gasteiger partial charge on any atom is -0.00851 e. The Morgan fingerprint density at radius 1 is 0.284 bits per heavy atom. The van der Waals surface area contributed by atoms with Crippen molar-refractivity contribution in [2.24, 2.45) is 239 Å². The van der Waals surface area contributed by atoms with Gasteiger partial charge in [-0.25, -0.2) is 0 Å². The van der Waals surface area contributed by atoms with Crippen molar-refractivity contribution in [3.8, 4) is 0 Å². The first kappa shape index (κ1) is 93.4. The minimum absolute atomic E-state index is 0.553. The highest BCUT2D eigenvalue weighted by Gasteiger charge is 2.66. The summed E-state index contributed by atoms with van der Waals surface area (Å²) in [7, 11) is 0. The molecule has 0 heterocycles. The van der Waals surface area contributed by atoms with E-state index < -0.39 is 0 Å². The van der Waals surface area contributed by atoms with Crippen LogP contribution in [0, 0.1) is 239 Å². The van der Waals surface area contributed by atoms with Gasteiger partial charge in [0, 0.05) is 0 Å². The van der Waals surface area contributed by atoms with E-state index in [-0.39, 0.29) is 0 Å². The van der Waals surface area contributed by atoms with E-state index in [2.05, 4.69) is 186 Å². The normalized spacial score (nSPS) is 48.0. The van der Waals surface area contributed by atoms with Gasteiger partial charge in [0.1, 0.15) is 0 Å². The topological polar surface area (TPSA) is 0 Å². The Kier molecular flexibility index (Phi) is 30.6. The Morgan fingerprint density at radius 2 is 0.578 bits per heavy atom. The third kappa shape index (κ3) is 18.2. The molecule has 16 rings (SSSR count). The molecule has 0 N–H and O–H groups in total. The molecular formula is C116H206. The smallest absolute Gasteiger partial charge is 0.00851 e. The molecule has 0 aromatic heterocycles. The second-order valence-corrected chi connectivity index (χ2v) is 53.2. The maximum atomic E-state index is 2.76. The third-order valence-corrected chi connectivity index (χ3v) is 46.0. The van der Waals surface area contributed by atoms with Gasteiger partial charge in [0.15, 0.2) is 0 Å². The van der Waals surface area contributed by atoms with Gasteiger partial charge in [0.05, 0.1) is 0 Å². The van der Waals surface area contributed by atoms with Crippen molar-refractivity contribution in [1.29, 1.82) is 0 Å². The largest absolute Gasteiger partial charge is 0.0845 e. The summed E-state index contributed by atoms with van der Waals surface area (Å²) in [6, 6.07) is 0. The van der Waals surface area contributed by atoms with Crippen molar-refractivity contribution >= 4 is 0 Å². The van der Waals surface area contributed by atoms with Crippen LogP contribution in [0.25, 0.3) is 0 Å². The summed E-state index contributed by atoms with van der Waals surface area (Å²) in [4.78, 5) is 0. The van der Waals surface area contributed by atoms with E-state index in [0.29, 0.717) is 43.3 Å². The average molecular weight is 1600 g/mol. The molecule has 16 aliphatic carbocycles. The fraction of sp³-hybridized carbons (Fsp3) is 0.983. The molecule has 0 radical (unpaired) electrons. The van der Waals surface area contributed by atoms with Crippen LogP contribution in [0.4, 0.5) is 0 Å². The highest BCUT2D eigenvalue weighted by atomic mass is 14.7. The highest BCUT2D eigenvalue weighted by Crippen LogP contribution is 2.74. The van der Waals surface area contributed by atoms with Gasteiger partial charge in [0.2, 0.25) is 0 Å². The van der Waals surface area contributed by atoms with Crippen molar-refractivity contribution in [3.63, 3.8) is 0 Å². The van der Waals surface area contributed by atoms with Gasteiger partial charge in [-0.1, -0.05) is 275 Å². The van der Waals surface area contributed by atoms with Crippen LogP contribution in [0.3, 0.4) is 0 Å². The Balaban J connectivity index is 0.000000135. The van der Waals surface area contributed by atoms with E-state index >= 15 is 0 Å². The molecule has 0 aliphatic heterocycles. The van der Waals surface area contributed by atoms with Crippen molar-refractivity contribution in [2.45, 2.75) is 482 Å². The van der Waals surface area contributed by atoms with Gasteiger partial charge in [-0.15, -0.1) is 0 Å². The molecule has 0 bridgehead atoms. The molecule has 0 spiro atoms. The summed E-state index contributed by atoms with van der Waals surface area (Å²) < 4.78 is 0. The van der Waals surface area contributed by atoms with E-state index in [9.17, 15) is 0 Å². The Labute approximate surface area is 727 Å². The van der Waals surface area contributed by atoms with E-state index in [1.165, 1.54) is 180 Å². The lowest BCUT2D eigenvalue weighted by atomic mass is 9.44. The summed E-state index contributed by atoms with van der Waals surface area (Å²) >= 11 is 0. The second kappa shape index (κ2) is 38.0. The molecule has 0 heteroatoms. The van der Waals surface area contributed by atoms with Crippen LogP contribution >= 0.6 is 0 Å². The number of rotatable bonds is 22. The van der Waals surface area contributed by atoms with Gasteiger partial charge in [-0.2, -0.15) is 0 Å². The molecule has 15 fully saturated rings. The number of hydrogen-bond donors (Lipinski definition) is 0. The molecule has 670 valence electrons. The van der Waals surface area contributed by atoms with Crippen molar-refractivity contribution in [3.05, 3.63) is 11.6 Å². The van der Waals surface area contributed by atoms with E-state index in [0.717, 1.165) is 195 Å². The molecule has 33 unspecified atom stereocenters. The van der Waals surface area contributed by atoms with E-state index in [1.807, 2.05) is 5.57 Å². The van der Waals surface area contributed by atoms with Gasteiger partial charge in [0.25, 0.3) is 0 Å². The zero-order valence-electron chi connectivity index (χ0n) is 83.4. The Morgan fingerprint density at radius 3 is 0.897 bits per heavy atom. The van der Waals surface area contributed by atoms with Crippen LogP contribution in [0.2, 0.25) is 0 Å². The van der Waals surface area contributed by atoms with Crippen LogP contribution in [0.1, 0.15) is 482 Å². The predicted molar refractivity (Wildman–Crippen MR) is 507 cm³/mol. The van der Waals surface area contributed by atoms with Crippen LogP contribution in [-0.4, -0.2) is 0 Å². The van der Waals surface area contributed by atoms with Crippen molar-refractivity contribution in [1.82, 2.24) is 0 Å². The first-order chi connectivity index (χ1) is 54.9. The van der Waals surface area contributed by atoms with Gasteiger partial charge < -0.3 is 0 Å².